The number of anilines is 1. The molecule has 0 bridgehead atoms. The normalized spacial score (nSPS) is 12.2. The largest absolute Gasteiger partial charge is 0.399 e. The first-order valence-electron chi connectivity index (χ1n) is 7.22. The number of nitrogens with one attached hydrogen (secondary N) is 1. The highest BCUT2D eigenvalue weighted by Crippen LogP contribution is 2.14. The van der Waals surface area contributed by atoms with E-state index in [-0.39, 0.29) is 5.91 Å². The molecule has 0 fully saturated rings. The van der Waals surface area contributed by atoms with Crippen molar-refractivity contribution in [1.29, 1.82) is 0 Å². The second-order valence-corrected chi connectivity index (χ2v) is 5.20. The van der Waals surface area contributed by atoms with E-state index < -0.39 is 0 Å². The molecule has 0 saturated heterocycles. The molecule has 0 aromatic heterocycles. The molecule has 106 valence electrons. The average Bonchev–Trinajstić information content (AvgIpc) is 2.41. The van der Waals surface area contributed by atoms with Crippen molar-refractivity contribution in [3.63, 3.8) is 0 Å². The molecule has 0 radical (unpaired) electrons. The van der Waals surface area contributed by atoms with Crippen LogP contribution in [0, 0.1) is 12.8 Å². The van der Waals surface area contributed by atoms with Crippen molar-refractivity contribution in [2.24, 2.45) is 5.92 Å². The van der Waals surface area contributed by atoms with E-state index in [0.717, 1.165) is 18.5 Å². The standard InChI is InChI=1S/C16H26N2O/c1-4-6-7-13(5-2)11-18-16(19)15-10-14(17)9-8-12(15)3/h8-10,13H,4-7,11,17H2,1-3H3,(H,18,19). The number of nitrogens with two attached hydrogens (primary N) is 1. The number of rotatable bonds is 7. The number of aryl methyl sites for hydroxylation is 1. The summed E-state index contributed by atoms with van der Waals surface area (Å²) in [5.74, 6) is 0.560. The maximum Gasteiger partial charge on any atom is 0.251 e. The Morgan fingerprint density at radius 2 is 2.11 bits per heavy atom. The van der Waals surface area contributed by atoms with Crippen molar-refractivity contribution in [3.8, 4) is 0 Å². The molecular weight excluding hydrogens is 236 g/mol. The summed E-state index contributed by atoms with van der Waals surface area (Å²) >= 11 is 0. The van der Waals surface area contributed by atoms with E-state index in [0.29, 0.717) is 17.2 Å². The molecule has 0 saturated carbocycles. The summed E-state index contributed by atoms with van der Waals surface area (Å²) in [4.78, 5) is 12.1. The summed E-state index contributed by atoms with van der Waals surface area (Å²) in [6.45, 7) is 7.06. The molecule has 3 N–H and O–H groups in total. The monoisotopic (exact) mass is 262 g/mol. The summed E-state index contributed by atoms with van der Waals surface area (Å²) in [5, 5.41) is 3.03. The number of unbranched alkanes of at least 4 members (excludes halogenated alkanes) is 1. The number of benzene rings is 1. The minimum atomic E-state index is -0.0141. The molecule has 0 aliphatic rings. The van der Waals surface area contributed by atoms with E-state index in [1.165, 1.54) is 19.3 Å². The topological polar surface area (TPSA) is 55.1 Å². The maximum absolute atomic E-state index is 12.1. The fourth-order valence-electron chi connectivity index (χ4n) is 2.16. The number of carbonyl (C=O) groups excluding carboxylic acids is 1. The fraction of sp³-hybridized carbons (Fsp3) is 0.562. The van der Waals surface area contributed by atoms with Crippen LogP contribution in [0.15, 0.2) is 18.2 Å². The molecule has 0 aliphatic heterocycles. The van der Waals surface area contributed by atoms with Gasteiger partial charge in [-0.1, -0.05) is 39.2 Å². The van der Waals surface area contributed by atoms with E-state index in [2.05, 4.69) is 19.2 Å². The van der Waals surface area contributed by atoms with Crippen molar-refractivity contribution >= 4 is 11.6 Å². The van der Waals surface area contributed by atoms with Crippen LogP contribution < -0.4 is 11.1 Å². The zero-order chi connectivity index (χ0) is 14.3. The van der Waals surface area contributed by atoms with Crippen LogP contribution in [-0.4, -0.2) is 12.5 Å². The molecule has 19 heavy (non-hydrogen) atoms. The molecule has 0 aliphatic carbocycles. The van der Waals surface area contributed by atoms with Gasteiger partial charge in [0.05, 0.1) is 0 Å². The lowest BCUT2D eigenvalue weighted by atomic mass is 9.99. The smallest absolute Gasteiger partial charge is 0.251 e. The van der Waals surface area contributed by atoms with Gasteiger partial charge >= 0.3 is 0 Å². The van der Waals surface area contributed by atoms with Gasteiger partial charge in [-0.25, -0.2) is 0 Å². The van der Waals surface area contributed by atoms with Gasteiger partial charge in [0, 0.05) is 17.8 Å². The predicted molar refractivity (Wildman–Crippen MR) is 81.2 cm³/mol. The molecule has 1 atom stereocenters. The number of nitrogen functional groups attached to an aromatic ring is 1. The minimum Gasteiger partial charge on any atom is -0.399 e. The second-order valence-electron chi connectivity index (χ2n) is 5.20. The average molecular weight is 262 g/mol. The Balaban J connectivity index is 2.56. The van der Waals surface area contributed by atoms with Gasteiger partial charge in [0.1, 0.15) is 0 Å². The van der Waals surface area contributed by atoms with Gasteiger partial charge in [-0.2, -0.15) is 0 Å². The molecule has 3 nitrogen and oxygen atoms in total. The first-order chi connectivity index (χ1) is 9.08. The van der Waals surface area contributed by atoms with Gasteiger partial charge in [-0.3, -0.25) is 4.79 Å². The molecule has 0 spiro atoms. The van der Waals surface area contributed by atoms with Crippen LogP contribution in [0.25, 0.3) is 0 Å². The lowest BCUT2D eigenvalue weighted by molar-refractivity contribution is 0.0945. The summed E-state index contributed by atoms with van der Waals surface area (Å²) in [7, 11) is 0. The Labute approximate surface area is 116 Å². The fourth-order valence-corrected chi connectivity index (χ4v) is 2.16. The molecule has 1 aromatic carbocycles. The van der Waals surface area contributed by atoms with Crippen molar-refractivity contribution in [2.75, 3.05) is 12.3 Å². The molecule has 3 heteroatoms. The third-order valence-corrected chi connectivity index (χ3v) is 3.60. The summed E-state index contributed by atoms with van der Waals surface area (Å²) in [6, 6.07) is 5.46. The van der Waals surface area contributed by atoms with E-state index in [4.69, 9.17) is 5.73 Å². The van der Waals surface area contributed by atoms with Crippen LogP contribution in [-0.2, 0) is 0 Å². The number of carbonyl (C=O) groups is 1. The summed E-state index contributed by atoms with van der Waals surface area (Å²) < 4.78 is 0. The summed E-state index contributed by atoms with van der Waals surface area (Å²) in [5.41, 5.74) is 8.02. The Kier molecular flexibility index (Phi) is 6.40. The van der Waals surface area contributed by atoms with Crippen LogP contribution in [0.1, 0.15) is 55.5 Å². The van der Waals surface area contributed by atoms with Gasteiger partial charge in [-0.05, 0) is 37.0 Å². The van der Waals surface area contributed by atoms with Crippen molar-refractivity contribution in [1.82, 2.24) is 5.32 Å². The quantitative estimate of drug-likeness (QED) is 0.739. The highest BCUT2D eigenvalue weighted by molar-refractivity contribution is 5.96. The second kappa shape index (κ2) is 7.82. The van der Waals surface area contributed by atoms with E-state index in [9.17, 15) is 4.79 Å². The third kappa shape index (κ3) is 4.93. The number of hydrogen-bond donors (Lipinski definition) is 2. The molecule has 1 rings (SSSR count). The van der Waals surface area contributed by atoms with E-state index in [1.807, 2.05) is 19.1 Å². The van der Waals surface area contributed by atoms with Crippen LogP contribution in [0.3, 0.4) is 0 Å². The van der Waals surface area contributed by atoms with Crippen LogP contribution >= 0.6 is 0 Å². The van der Waals surface area contributed by atoms with Gasteiger partial charge in [0.25, 0.3) is 5.91 Å². The minimum absolute atomic E-state index is 0.0141. The first kappa shape index (κ1) is 15.5. The molecule has 1 amide bonds. The van der Waals surface area contributed by atoms with Crippen LogP contribution in [0.2, 0.25) is 0 Å². The SMILES string of the molecule is CCCCC(CC)CNC(=O)c1cc(N)ccc1C. The molecule has 0 heterocycles. The highest BCUT2D eigenvalue weighted by atomic mass is 16.1. The highest BCUT2D eigenvalue weighted by Gasteiger charge is 2.12. The third-order valence-electron chi connectivity index (χ3n) is 3.60. The van der Waals surface area contributed by atoms with Crippen LogP contribution in [0.4, 0.5) is 5.69 Å². The van der Waals surface area contributed by atoms with Gasteiger partial charge in [0.2, 0.25) is 0 Å². The molecular formula is C16H26N2O. The van der Waals surface area contributed by atoms with Gasteiger partial charge in [0.15, 0.2) is 0 Å². The van der Waals surface area contributed by atoms with Crippen molar-refractivity contribution < 1.29 is 4.79 Å². The Morgan fingerprint density at radius 3 is 2.74 bits per heavy atom. The first-order valence-corrected chi connectivity index (χ1v) is 7.22. The van der Waals surface area contributed by atoms with E-state index in [1.54, 1.807) is 6.07 Å². The molecule has 1 unspecified atom stereocenters. The Hall–Kier alpha value is -1.51. The van der Waals surface area contributed by atoms with Gasteiger partial charge < -0.3 is 11.1 Å². The summed E-state index contributed by atoms with van der Waals surface area (Å²) in [6.07, 6.45) is 4.73. The lowest BCUT2D eigenvalue weighted by Crippen LogP contribution is -2.29. The number of hydrogen-bond acceptors (Lipinski definition) is 2. The molecule has 1 aromatic rings. The van der Waals surface area contributed by atoms with Crippen LogP contribution in [0.5, 0.6) is 0 Å². The zero-order valence-corrected chi connectivity index (χ0v) is 12.3. The predicted octanol–water partition coefficient (Wildman–Crippen LogP) is 3.52. The Bertz CT molecular complexity index is 415. The zero-order valence-electron chi connectivity index (χ0n) is 12.3. The lowest BCUT2D eigenvalue weighted by Gasteiger charge is -2.16. The number of amides is 1. The van der Waals surface area contributed by atoms with Crippen molar-refractivity contribution in [3.05, 3.63) is 29.3 Å². The van der Waals surface area contributed by atoms with Crippen molar-refractivity contribution in [2.45, 2.75) is 46.5 Å². The Morgan fingerprint density at radius 1 is 1.37 bits per heavy atom. The van der Waals surface area contributed by atoms with E-state index >= 15 is 0 Å². The maximum atomic E-state index is 12.1. The van der Waals surface area contributed by atoms with Gasteiger partial charge in [-0.15, -0.1) is 0 Å².